The molecule has 2 aromatic carbocycles. The molecule has 8 heteroatoms. The second-order valence-electron chi connectivity index (χ2n) is 6.84. The Labute approximate surface area is 184 Å². The SMILES string of the molecule is CCCCNS(=O)(=O)c1ccc(OCC(=O)Nc2c(CC)cccc2CC)c(Cl)c1. The Morgan fingerprint density at radius 1 is 1.07 bits per heavy atom. The number of halogens is 1. The van der Waals surface area contributed by atoms with Gasteiger partial charge in [0.05, 0.1) is 9.92 Å². The minimum atomic E-state index is -3.63. The fourth-order valence-corrected chi connectivity index (χ4v) is 4.35. The van der Waals surface area contributed by atoms with E-state index in [2.05, 4.69) is 10.0 Å². The van der Waals surface area contributed by atoms with Crippen LogP contribution < -0.4 is 14.8 Å². The smallest absolute Gasteiger partial charge is 0.262 e. The molecule has 0 spiro atoms. The van der Waals surface area contributed by atoms with E-state index in [1.165, 1.54) is 18.2 Å². The molecule has 0 unspecified atom stereocenters. The van der Waals surface area contributed by atoms with E-state index in [0.29, 0.717) is 6.54 Å². The number of carbonyl (C=O) groups excluding carboxylic acids is 1. The summed E-state index contributed by atoms with van der Waals surface area (Å²) in [6.07, 6.45) is 3.25. The zero-order valence-electron chi connectivity index (χ0n) is 17.6. The predicted molar refractivity (Wildman–Crippen MR) is 121 cm³/mol. The number of ether oxygens (including phenoxy) is 1. The third-order valence-electron chi connectivity index (χ3n) is 4.66. The summed E-state index contributed by atoms with van der Waals surface area (Å²) in [7, 11) is -3.63. The largest absolute Gasteiger partial charge is 0.482 e. The average molecular weight is 453 g/mol. The van der Waals surface area contributed by atoms with Gasteiger partial charge in [-0.25, -0.2) is 13.1 Å². The van der Waals surface area contributed by atoms with Crippen LogP contribution in [0.15, 0.2) is 41.3 Å². The van der Waals surface area contributed by atoms with E-state index in [1.807, 2.05) is 39.0 Å². The molecular formula is C22H29ClN2O4S. The van der Waals surface area contributed by atoms with Crippen molar-refractivity contribution in [3.05, 3.63) is 52.5 Å². The lowest BCUT2D eigenvalue weighted by molar-refractivity contribution is -0.118. The van der Waals surface area contributed by atoms with Gasteiger partial charge in [0.1, 0.15) is 5.75 Å². The highest BCUT2D eigenvalue weighted by molar-refractivity contribution is 7.89. The van der Waals surface area contributed by atoms with Gasteiger partial charge in [0.25, 0.3) is 5.91 Å². The topological polar surface area (TPSA) is 84.5 Å². The standard InChI is InChI=1S/C22H29ClN2O4S/c1-4-7-13-24-30(27,28)18-11-12-20(19(23)14-18)29-15-21(26)25-22-16(5-2)9-8-10-17(22)6-3/h8-12,14,24H,4-7,13,15H2,1-3H3,(H,25,26). The number of anilines is 1. The summed E-state index contributed by atoms with van der Waals surface area (Å²) in [5.41, 5.74) is 2.94. The molecule has 1 amide bonds. The van der Waals surface area contributed by atoms with Gasteiger partial charge < -0.3 is 10.1 Å². The van der Waals surface area contributed by atoms with E-state index in [0.717, 1.165) is 42.5 Å². The van der Waals surface area contributed by atoms with E-state index in [9.17, 15) is 13.2 Å². The number of hydrogen-bond acceptors (Lipinski definition) is 4. The normalized spacial score (nSPS) is 11.3. The maximum atomic E-state index is 12.4. The molecule has 0 bridgehead atoms. The molecule has 0 aromatic heterocycles. The lowest BCUT2D eigenvalue weighted by atomic mass is 10.0. The van der Waals surface area contributed by atoms with Gasteiger partial charge in [-0.2, -0.15) is 0 Å². The molecule has 0 aliphatic carbocycles. The van der Waals surface area contributed by atoms with Crippen LogP contribution in [0, 0.1) is 0 Å². The average Bonchev–Trinajstić information content (AvgIpc) is 2.73. The Kier molecular flexibility index (Phi) is 9.14. The van der Waals surface area contributed by atoms with Gasteiger partial charge in [0.15, 0.2) is 6.61 Å². The van der Waals surface area contributed by atoms with Gasteiger partial charge in [-0.3, -0.25) is 4.79 Å². The molecule has 0 saturated heterocycles. The lowest BCUT2D eigenvalue weighted by Crippen LogP contribution is -2.24. The highest BCUT2D eigenvalue weighted by atomic mass is 35.5. The van der Waals surface area contributed by atoms with Crippen LogP contribution in [0.3, 0.4) is 0 Å². The van der Waals surface area contributed by atoms with Crippen LogP contribution in [0.25, 0.3) is 0 Å². The van der Waals surface area contributed by atoms with Gasteiger partial charge in [0, 0.05) is 12.2 Å². The Balaban J connectivity index is 2.04. The van der Waals surface area contributed by atoms with Crippen LogP contribution in [0.1, 0.15) is 44.7 Å². The van der Waals surface area contributed by atoms with Crippen molar-refractivity contribution in [3.63, 3.8) is 0 Å². The third-order valence-corrected chi connectivity index (χ3v) is 6.41. The molecule has 2 rings (SSSR count). The zero-order valence-corrected chi connectivity index (χ0v) is 19.2. The van der Waals surface area contributed by atoms with Crippen molar-refractivity contribution in [2.75, 3.05) is 18.5 Å². The van der Waals surface area contributed by atoms with E-state index in [-0.39, 0.29) is 28.2 Å². The minimum absolute atomic E-state index is 0.0601. The van der Waals surface area contributed by atoms with Gasteiger partial charge in [-0.15, -0.1) is 0 Å². The summed E-state index contributed by atoms with van der Waals surface area (Å²) in [5.74, 6) is -0.0570. The summed E-state index contributed by atoms with van der Waals surface area (Å²) < 4.78 is 32.6. The van der Waals surface area contributed by atoms with E-state index in [4.69, 9.17) is 16.3 Å². The molecule has 0 atom stereocenters. The maximum absolute atomic E-state index is 12.4. The molecule has 164 valence electrons. The molecule has 0 fully saturated rings. The fraction of sp³-hybridized carbons (Fsp3) is 0.409. The zero-order chi connectivity index (χ0) is 22.1. The summed E-state index contributed by atoms with van der Waals surface area (Å²) in [4.78, 5) is 12.5. The summed E-state index contributed by atoms with van der Waals surface area (Å²) in [6, 6.07) is 10.2. The summed E-state index contributed by atoms with van der Waals surface area (Å²) in [5, 5.41) is 3.05. The number of sulfonamides is 1. The highest BCUT2D eigenvalue weighted by Gasteiger charge is 2.16. The number of benzene rings is 2. The maximum Gasteiger partial charge on any atom is 0.262 e. The molecule has 0 heterocycles. The molecule has 2 aromatic rings. The Hall–Kier alpha value is -2.09. The molecule has 0 radical (unpaired) electrons. The van der Waals surface area contributed by atoms with Crippen molar-refractivity contribution >= 4 is 33.2 Å². The minimum Gasteiger partial charge on any atom is -0.482 e. The van der Waals surface area contributed by atoms with Crippen molar-refractivity contribution in [2.45, 2.75) is 51.3 Å². The van der Waals surface area contributed by atoms with Crippen molar-refractivity contribution in [3.8, 4) is 5.75 Å². The van der Waals surface area contributed by atoms with Gasteiger partial charge in [-0.1, -0.05) is 57.0 Å². The lowest BCUT2D eigenvalue weighted by Gasteiger charge is -2.15. The van der Waals surface area contributed by atoms with Crippen LogP contribution in [0.2, 0.25) is 5.02 Å². The monoisotopic (exact) mass is 452 g/mol. The van der Waals surface area contributed by atoms with Crippen LogP contribution in [0.5, 0.6) is 5.75 Å². The van der Waals surface area contributed by atoms with Crippen molar-refractivity contribution in [1.82, 2.24) is 4.72 Å². The van der Waals surface area contributed by atoms with Gasteiger partial charge >= 0.3 is 0 Å². The summed E-state index contributed by atoms with van der Waals surface area (Å²) in [6.45, 7) is 6.19. The second kappa shape index (κ2) is 11.3. The third kappa shape index (κ3) is 6.45. The number of nitrogens with one attached hydrogen (secondary N) is 2. The molecule has 0 aliphatic heterocycles. The molecule has 0 saturated carbocycles. The molecule has 30 heavy (non-hydrogen) atoms. The number of unbranched alkanes of at least 4 members (excludes halogenated alkanes) is 1. The van der Waals surface area contributed by atoms with Crippen molar-refractivity contribution < 1.29 is 17.9 Å². The number of para-hydroxylation sites is 1. The number of rotatable bonds is 11. The first-order chi connectivity index (χ1) is 14.3. The molecule has 0 aliphatic rings. The molecular weight excluding hydrogens is 424 g/mol. The molecule has 2 N–H and O–H groups in total. The van der Waals surface area contributed by atoms with Crippen LogP contribution in [-0.2, 0) is 27.7 Å². The van der Waals surface area contributed by atoms with Crippen LogP contribution in [0.4, 0.5) is 5.69 Å². The second-order valence-corrected chi connectivity index (χ2v) is 9.01. The first-order valence-electron chi connectivity index (χ1n) is 10.1. The summed E-state index contributed by atoms with van der Waals surface area (Å²) >= 11 is 6.19. The number of carbonyl (C=O) groups is 1. The Bertz CT molecular complexity index is 955. The first kappa shape index (κ1) is 24.2. The van der Waals surface area contributed by atoms with E-state index < -0.39 is 10.0 Å². The molecule has 6 nitrogen and oxygen atoms in total. The quantitative estimate of drug-likeness (QED) is 0.489. The number of aryl methyl sites for hydroxylation is 2. The van der Waals surface area contributed by atoms with Crippen molar-refractivity contribution in [2.24, 2.45) is 0 Å². The highest BCUT2D eigenvalue weighted by Crippen LogP contribution is 2.28. The van der Waals surface area contributed by atoms with Gasteiger partial charge in [0.2, 0.25) is 10.0 Å². The van der Waals surface area contributed by atoms with Crippen molar-refractivity contribution in [1.29, 1.82) is 0 Å². The van der Waals surface area contributed by atoms with E-state index in [1.54, 1.807) is 0 Å². The Morgan fingerprint density at radius 2 is 1.73 bits per heavy atom. The Morgan fingerprint density at radius 3 is 2.30 bits per heavy atom. The van der Waals surface area contributed by atoms with Gasteiger partial charge in [-0.05, 0) is 48.6 Å². The number of amides is 1. The van der Waals surface area contributed by atoms with E-state index >= 15 is 0 Å². The van der Waals surface area contributed by atoms with Crippen LogP contribution >= 0.6 is 11.6 Å². The van der Waals surface area contributed by atoms with Crippen LogP contribution in [-0.4, -0.2) is 27.5 Å². The fourth-order valence-electron chi connectivity index (χ4n) is 2.95. The number of hydrogen-bond donors (Lipinski definition) is 2. The predicted octanol–water partition coefficient (Wildman–Crippen LogP) is 4.56. The first-order valence-corrected chi connectivity index (χ1v) is 12.0.